The molecule has 0 bridgehead atoms. The van der Waals surface area contributed by atoms with Crippen molar-refractivity contribution in [1.29, 1.82) is 0 Å². The number of nitrogens with two attached hydrogens (primary N) is 2. The Morgan fingerprint density at radius 3 is 2.56 bits per heavy atom. The Balaban J connectivity index is 3.16. The number of nitrogens with zero attached hydrogens (tertiary/aromatic N) is 1. The maximum Gasteiger partial charge on any atom is 0.250 e. The van der Waals surface area contributed by atoms with Crippen molar-refractivity contribution in [1.82, 2.24) is 0 Å². The molecule has 1 rings (SSSR count). The van der Waals surface area contributed by atoms with E-state index in [4.69, 9.17) is 11.5 Å². The number of carbonyl (C=O) groups excluding carboxylic acids is 1. The summed E-state index contributed by atoms with van der Waals surface area (Å²) in [7, 11) is 0. The van der Waals surface area contributed by atoms with Crippen molar-refractivity contribution in [2.75, 3.05) is 23.7 Å². The van der Waals surface area contributed by atoms with Crippen LogP contribution >= 0.6 is 0 Å². The summed E-state index contributed by atoms with van der Waals surface area (Å²) in [5.74, 6) is -0.412. The molecule has 4 heteroatoms. The minimum atomic E-state index is -0.412. The predicted octanol–water partition coefficient (Wildman–Crippen LogP) is 1.60. The molecule has 0 aliphatic heterocycles. The van der Waals surface area contributed by atoms with Gasteiger partial charge in [0.25, 0.3) is 5.91 Å². The third-order valence-corrected chi connectivity index (χ3v) is 2.50. The molecule has 0 aliphatic carbocycles. The Bertz CT molecular complexity index is 377. The molecule has 0 unspecified atom stereocenters. The Hall–Kier alpha value is -1.71. The highest BCUT2D eigenvalue weighted by molar-refractivity contribution is 5.99. The third-order valence-electron chi connectivity index (χ3n) is 2.50. The number of hydrogen-bond acceptors (Lipinski definition) is 3. The molecule has 0 aliphatic rings. The molecule has 0 fully saturated rings. The minimum absolute atomic E-state index is 0.412. The lowest BCUT2D eigenvalue weighted by atomic mass is 10.1. The quantitative estimate of drug-likeness (QED) is 0.742. The van der Waals surface area contributed by atoms with Gasteiger partial charge < -0.3 is 16.4 Å². The zero-order valence-electron chi connectivity index (χ0n) is 9.86. The van der Waals surface area contributed by atoms with Crippen LogP contribution < -0.4 is 16.4 Å². The van der Waals surface area contributed by atoms with E-state index in [1.54, 1.807) is 18.2 Å². The van der Waals surface area contributed by atoms with E-state index < -0.39 is 5.91 Å². The number of primary amides is 1. The highest BCUT2D eigenvalue weighted by Crippen LogP contribution is 2.23. The molecule has 1 aromatic carbocycles. The molecule has 0 atom stereocenters. The first kappa shape index (κ1) is 12.4. The highest BCUT2D eigenvalue weighted by atomic mass is 16.1. The molecule has 88 valence electrons. The van der Waals surface area contributed by atoms with Crippen LogP contribution in [0.3, 0.4) is 0 Å². The van der Waals surface area contributed by atoms with Gasteiger partial charge in [0.1, 0.15) is 0 Å². The molecular formula is C12H19N3O. The summed E-state index contributed by atoms with van der Waals surface area (Å²) in [5.41, 5.74) is 13.1. The molecule has 0 aromatic heterocycles. The van der Waals surface area contributed by atoms with Gasteiger partial charge in [0.05, 0.1) is 11.3 Å². The largest absolute Gasteiger partial charge is 0.399 e. The van der Waals surface area contributed by atoms with E-state index in [1.807, 2.05) is 6.92 Å². The second-order valence-corrected chi connectivity index (χ2v) is 3.72. The van der Waals surface area contributed by atoms with Gasteiger partial charge in [-0.3, -0.25) is 4.79 Å². The molecule has 4 N–H and O–H groups in total. The average molecular weight is 221 g/mol. The van der Waals surface area contributed by atoms with Crippen LogP contribution in [-0.4, -0.2) is 19.0 Å². The van der Waals surface area contributed by atoms with Gasteiger partial charge >= 0.3 is 0 Å². The van der Waals surface area contributed by atoms with E-state index in [-0.39, 0.29) is 0 Å². The lowest BCUT2D eigenvalue weighted by molar-refractivity contribution is 0.100. The van der Waals surface area contributed by atoms with E-state index in [2.05, 4.69) is 11.8 Å². The fourth-order valence-corrected chi connectivity index (χ4v) is 1.74. The van der Waals surface area contributed by atoms with Crippen molar-refractivity contribution in [2.24, 2.45) is 5.73 Å². The van der Waals surface area contributed by atoms with Gasteiger partial charge in [-0.15, -0.1) is 0 Å². The van der Waals surface area contributed by atoms with Crippen molar-refractivity contribution in [3.63, 3.8) is 0 Å². The van der Waals surface area contributed by atoms with Gasteiger partial charge in [-0.25, -0.2) is 0 Å². The van der Waals surface area contributed by atoms with Crippen molar-refractivity contribution in [3.8, 4) is 0 Å². The molecule has 16 heavy (non-hydrogen) atoms. The van der Waals surface area contributed by atoms with E-state index in [0.29, 0.717) is 11.3 Å². The van der Waals surface area contributed by atoms with Crippen LogP contribution in [0.25, 0.3) is 0 Å². The lowest BCUT2D eigenvalue weighted by Crippen LogP contribution is -2.27. The fraction of sp³-hybridized carbons (Fsp3) is 0.417. The third kappa shape index (κ3) is 2.66. The van der Waals surface area contributed by atoms with Crippen LogP contribution in [0, 0.1) is 0 Å². The van der Waals surface area contributed by atoms with Gasteiger partial charge in [-0.05, 0) is 31.5 Å². The predicted molar refractivity (Wildman–Crippen MR) is 67.6 cm³/mol. The monoisotopic (exact) mass is 221 g/mol. The molecule has 1 amide bonds. The second-order valence-electron chi connectivity index (χ2n) is 3.72. The van der Waals surface area contributed by atoms with Crippen LogP contribution in [0.5, 0.6) is 0 Å². The van der Waals surface area contributed by atoms with Gasteiger partial charge in [-0.1, -0.05) is 6.92 Å². The average Bonchev–Trinajstić information content (AvgIpc) is 2.25. The Kier molecular flexibility index (Phi) is 4.17. The molecule has 0 saturated carbocycles. The summed E-state index contributed by atoms with van der Waals surface area (Å²) in [5, 5.41) is 0. The van der Waals surface area contributed by atoms with Gasteiger partial charge in [0, 0.05) is 18.8 Å². The van der Waals surface area contributed by atoms with Crippen LogP contribution in [0.1, 0.15) is 30.6 Å². The lowest BCUT2D eigenvalue weighted by Gasteiger charge is -2.24. The van der Waals surface area contributed by atoms with Crippen molar-refractivity contribution in [3.05, 3.63) is 23.8 Å². The number of anilines is 2. The van der Waals surface area contributed by atoms with E-state index in [9.17, 15) is 4.79 Å². The maximum atomic E-state index is 11.3. The zero-order chi connectivity index (χ0) is 12.1. The van der Waals surface area contributed by atoms with Crippen LogP contribution in [-0.2, 0) is 0 Å². The number of nitrogen functional groups attached to an aromatic ring is 1. The van der Waals surface area contributed by atoms with Crippen molar-refractivity contribution in [2.45, 2.75) is 20.3 Å². The van der Waals surface area contributed by atoms with Crippen LogP contribution in [0.15, 0.2) is 18.2 Å². The Morgan fingerprint density at radius 2 is 2.06 bits per heavy atom. The van der Waals surface area contributed by atoms with Crippen LogP contribution in [0.4, 0.5) is 11.4 Å². The summed E-state index contributed by atoms with van der Waals surface area (Å²) < 4.78 is 0. The zero-order valence-corrected chi connectivity index (χ0v) is 9.86. The standard InChI is InChI=1S/C12H19N3O/c1-3-7-15(4-2)11-8-9(13)5-6-10(11)12(14)16/h5-6,8H,3-4,7,13H2,1-2H3,(H2,14,16). The fourth-order valence-electron chi connectivity index (χ4n) is 1.74. The van der Waals surface area contributed by atoms with Crippen LogP contribution in [0.2, 0.25) is 0 Å². The van der Waals surface area contributed by atoms with Gasteiger partial charge in [0.2, 0.25) is 0 Å². The number of rotatable bonds is 5. The summed E-state index contributed by atoms with van der Waals surface area (Å²) in [6, 6.07) is 5.19. The summed E-state index contributed by atoms with van der Waals surface area (Å²) in [4.78, 5) is 13.4. The topological polar surface area (TPSA) is 72.3 Å². The van der Waals surface area contributed by atoms with Crippen molar-refractivity contribution >= 4 is 17.3 Å². The molecule has 0 radical (unpaired) electrons. The Labute approximate surface area is 96.2 Å². The summed E-state index contributed by atoms with van der Waals surface area (Å²) in [6.45, 7) is 5.86. The Morgan fingerprint density at radius 1 is 1.38 bits per heavy atom. The second kappa shape index (κ2) is 5.39. The molecule has 4 nitrogen and oxygen atoms in total. The molecule has 1 aromatic rings. The molecular weight excluding hydrogens is 202 g/mol. The smallest absolute Gasteiger partial charge is 0.250 e. The number of amides is 1. The van der Waals surface area contributed by atoms with Gasteiger partial charge in [0.15, 0.2) is 0 Å². The number of hydrogen-bond donors (Lipinski definition) is 2. The number of carbonyl (C=O) groups is 1. The first-order valence-corrected chi connectivity index (χ1v) is 5.54. The minimum Gasteiger partial charge on any atom is -0.399 e. The van der Waals surface area contributed by atoms with E-state index in [1.165, 1.54) is 0 Å². The van der Waals surface area contributed by atoms with Gasteiger partial charge in [-0.2, -0.15) is 0 Å². The molecule has 0 spiro atoms. The first-order chi connectivity index (χ1) is 7.60. The summed E-state index contributed by atoms with van der Waals surface area (Å²) >= 11 is 0. The highest BCUT2D eigenvalue weighted by Gasteiger charge is 2.13. The van der Waals surface area contributed by atoms with Crippen molar-refractivity contribution < 1.29 is 4.79 Å². The first-order valence-electron chi connectivity index (χ1n) is 5.54. The van der Waals surface area contributed by atoms with E-state index in [0.717, 1.165) is 25.2 Å². The van der Waals surface area contributed by atoms with E-state index >= 15 is 0 Å². The SMILES string of the molecule is CCCN(CC)c1cc(N)ccc1C(N)=O. The number of benzene rings is 1. The molecule has 0 saturated heterocycles. The normalized spacial score (nSPS) is 10.1. The maximum absolute atomic E-state index is 11.3. The summed E-state index contributed by atoms with van der Waals surface area (Å²) in [6.07, 6.45) is 1.01. The molecule has 0 heterocycles.